The highest BCUT2D eigenvalue weighted by Crippen LogP contribution is 2.29. The summed E-state index contributed by atoms with van der Waals surface area (Å²) in [5, 5.41) is 5.48. The molecule has 0 bridgehead atoms. The smallest absolute Gasteiger partial charge is 0.258 e. The van der Waals surface area contributed by atoms with Crippen LogP contribution in [0.2, 0.25) is 10.2 Å². The van der Waals surface area contributed by atoms with Crippen molar-refractivity contribution in [1.29, 1.82) is 0 Å². The molecule has 4 rings (SSSR count). The zero-order chi connectivity index (χ0) is 19.7. The first-order valence-electron chi connectivity index (χ1n) is 9.53. The zero-order valence-electron chi connectivity index (χ0n) is 15.7. The molecular weight excluding hydrogens is 401 g/mol. The van der Waals surface area contributed by atoms with Crippen LogP contribution < -0.4 is 0 Å². The van der Waals surface area contributed by atoms with Crippen LogP contribution in [0.5, 0.6) is 0 Å². The lowest BCUT2D eigenvalue weighted by Gasteiger charge is -2.34. The Bertz CT molecular complexity index is 864. The molecule has 0 N–H and O–H groups in total. The van der Waals surface area contributed by atoms with E-state index < -0.39 is 0 Å². The van der Waals surface area contributed by atoms with Gasteiger partial charge in [-0.05, 0) is 31.4 Å². The molecule has 0 unspecified atom stereocenters. The van der Waals surface area contributed by atoms with Crippen LogP contribution in [0.15, 0.2) is 24.3 Å². The second kappa shape index (κ2) is 8.41. The summed E-state index contributed by atoms with van der Waals surface area (Å²) in [4.78, 5) is 15.1. The third-order valence-electron chi connectivity index (χ3n) is 5.33. The zero-order valence-corrected chi connectivity index (χ0v) is 17.2. The van der Waals surface area contributed by atoms with Crippen molar-refractivity contribution in [3.8, 4) is 0 Å². The van der Waals surface area contributed by atoms with E-state index in [1.54, 1.807) is 4.68 Å². The van der Waals surface area contributed by atoms with E-state index in [2.05, 4.69) is 5.10 Å². The second-order valence-corrected chi connectivity index (χ2v) is 8.03. The van der Waals surface area contributed by atoms with Gasteiger partial charge < -0.3 is 14.4 Å². The SMILES string of the molecule is Cc1nn(Cc2ccccc2Cl)c(Cl)c1C(=O)N1CCC[C@H](C2OCCO2)C1. The van der Waals surface area contributed by atoms with Gasteiger partial charge in [0.15, 0.2) is 6.29 Å². The molecular formula is C20H23Cl2N3O3. The van der Waals surface area contributed by atoms with Gasteiger partial charge in [0, 0.05) is 24.0 Å². The molecule has 150 valence electrons. The summed E-state index contributed by atoms with van der Waals surface area (Å²) >= 11 is 12.8. The van der Waals surface area contributed by atoms with Gasteiger partial charge in [-0.3, -0.25) is 4.79 Å². The highest BCUT2D eigenvalue weighted by molar-refractivity contribution is 6.33. The van der Waals surface area contributed by atoms with E-state index in [1.165, 1.54) is 0 Å². The van der Waals surface area contributed by atoms with Crippen LogP contribution in [0, 0.1) is 12.8 Å². The summed E-state index contributed by atoms with van der Waals surface area (Å²) in [6, 6.07) is 7.54. The van der Waals surface area contributed by atoms with Gasteiger partial charge in [-0.15, -0.1) is 0 Å². The summed E-state index contributed by atoms with van der Waals surface area (Å²) in [7, 11) is 0. The Morgan fingerprint density at radius 3 is 2.75 bits per heavy atom. The predicted molar refractivity (Wildman–Crippen MR) is 107 cm³/mol. The van der Waals surface area contributed by atoms with Crippen molar-refractivity contribution in [3.05, 3.63) is 51.3 Å². The molecule has 2 saturated heterocycles. The summed E-state index contributed by atoms with van der Waals surface area (Å²) < 4.78 is 12.9. The Labute approximate surface area is 174 Å². The van der Waals surface area contributed by atoms with E-state index >= 15 is 0 Å². The number of benzene rings is 1. The van der Waals surface area contributed by atoms with Crippen LogP contribution in [0.1, 0.15) is 34.5 Å². The van der Waals surface area contributed by atoms with Crippen molar-refractivity contribution in [2.24, 2.45) is 5.92 Å². The molecule has 2 aliphatic heterocycles. The van der Waals surface area contributed by atoms with Gasteiger partial charge in [0.2, 0.25) is 0 Å². The Kier molecular flexibility index (Phi) is 5.92. The summed E-state index contributed by atoms with van der Waals surface area (Å²) in [6.07, 6.45) is 1.70. The van der Waals surface area contributed by atoms with E-state index in [1.807, 2.05) is 36.1 Å². The number of piperidine rings is 1. The minimum Gasteiger partial charge on any atom is -0.350 e. The number of hydrogen-bond donors (Lipinski definition) is 0. The Morgan fingerprint density at radius 1 is 1.25 bits per heavy atom. The van der Waals surface area contributed by atoms with Crippen molar-refractivity contribution in [2.75, 3.05) is 26.3 Å². The molecule has 2 fully saturated rings. The average Bonchev–Trinajstić information content (AvgIpc) is 3.32. The molecule has 0 radical (unpaired) electrons. The number of nitrogens with zero attached hydrogens (tertiary/aromatic N) is 3. The normalized spacial score (nSPS) is 20.7. The first-order chi connectivity index (χ1) is 13.5. The fourth-order valence-electron chi connectivity index (χ4n) is 3.91. The summed E-state index contributed by atoms with van der Waals surface area (Å²) in [6.45, 7) is 4.78. The molecule has 2 aromatic rings. The lowest BCUT2D eigenvalue weighted by Crippen LogP contribution is -2.44. The number of aromatic nitrogens is 2. The van der Waals surface area contributed by atoms with Gasteiger partial charge >= 0.3 is 0 Å². The van der Waals surface area contributed by atoms with Gasteiger partial charge in [0.25, 0.3) is 5.91 Å². The molecule has 2 aliphatic rings. The maximum Gasteiger partial charge on any atom is 0.258 e. The monoisotopic (exact) mass is 423 g/mol. The van der Waals surface area contributed by atoms with Gasteiger partial charge in [0.1, 0.15) is 5.15 Å². The molecule has 1 amide bonds. The number of halogens is 2. The fourth-order valence-corrected chi connectivity index (χ4v) is 4.42. The Morgan fingerprint density at radius 2 is 2.00 bits per heavy atom. The van der Waals surface area contributed by atoms with E-state index in [9.17, 15) is 4.79 Å². The number of hydrogen-bond acceptors (Lipinski definition) is 4. The molecule has 1 aromatic heterocycles. The second-order valence-electron chi connectivity index (χ2n) is 7.26. The van der Waals surface area contributed by atoms with Crippen LogP contribution in [-0.2, 0) is 16.0 Å². The van der Waals surface area contributed by atoms with E-state index in [4.69, 9.17) is 32.7 Å². The van der Waals surface area contributed by atoms with Crippen LogP contribution in [0.4, 0.5) is 0 Å². The van der Waals surface area contributed by atoms with Crippen LogP contribution in [-0.4, -0.2) is 53.2 Å². The van der Waals surface area contributed by atoms with Crippen molar-refractivity contribution in [1.82, 2.24) is 14.7 Å². The third kappa shape index (κ3) is 3.92. The van der Waals surface area contributed by atoms with Crippen LogP contribution in [0.25, 0.3) is 0 Å². The number of rotatable bonds is 4. The summed E-state index contributed by atoms with van der Waals surface area (Å²) in [5.74, 6) is 0.105. The van der Waals surface area contributed by atoms with E-state index in [0.717, 1.165) is 18.4 Å². The first kappa shape index (κ1) is 19.7. The largest absolute Gasteiger partial charge is 0.350 e. The van der Waals surface area contributed by atoms with Crippen LogP contribution >= 0.6 is 23.2 Å². The number of amides is 1. The molecule has 3 heterocycles. The van der Waals surface area contributed by atoms with Crippen molar-refractivity contribution in [2.45, 2.75) is 32.6 Å². The molecule has 1 atom stereocenters. The number of carbonyl (C=O) groups is 1. The fraction of sp³-hybridized carbons (Fsp3) is 0.500. The van der Waals surface area contributed by atoms with Crippen molar-refractivity contribution in [3.63, 3.8) is 0 Å². The van der Waals surface area contributed by atoms with Gasteiger partial charge in [0.05, 0.1) is 31.0 Å². The number of aryl methyl sites for hydroxylation is 1. The highest BCUT2D eigenvalue weighted by atomic mass is 35.5. The van der Waals surface area contributed by atoms with Crippen LogP contribution in [0.3, 0.4) is 0 Å². The number of ether oxygens (including phenoxy) is 2. The van der Waals surface area contributed by atoms with Crippen molar-refractivity contribution < 1.29 is 14.3 Å². The topological polar surface area (TPSA) is 56.6 Å². The number of carbonyl (C=O) groups excluding carboxylic acids is 1. The van der Waals surface area contributed by atoms with Gasteiger partial charge in [-0.1, -0.05) is 41.4 Å². The molecule has 6 nitrogen and oxygen atoms in total. The molecule has 0 saturated carbocycles. The molecule has 8 heteroatoms. The highest BCUT2D eigenvalue weighted by Gasteiger charge is 2.34. The van der Waals surface area contributed by atoms with Gasteiger partial charge in [-0.2, -0.15) is 5.10 Å². The standard InChI is InChI=1S/C20H23Cl2N3O3/c1-13-17(18(22)25(23-13)12-14-5-2-3-7-16(14)21)19(26)24-8-4-6-15(11-24)20-27-9-10-28-20/h2-3,5,7,15,20H,4,6,8-12H2,1H3/t15-/m0/s1. The Balaban J connectivity index is 1.52. The Hall–Kier alpha value is -1.60. The average molecular weight is 424 g/mol. The van der Waals surface area contributed by atoms with E-state index in [0.29, 0.717) is 54.3 Å². The molecule has 1 aromatic carbocycles. The minimum atomic E-state index is -0.213. The molecule has 0 aliphatic carbocycles. The minimum absolute atomic E-state index is 0.0874. The third-order valence-corrected chi connectivity index (χ3v) is 6.09. The number of likely N-dealkylation sites (tertiary alicyclic amines) is 1. The lowest BCUT2D eigenvalue weighted by molar-refractivity contribution is -0.0969. The lowest BCUT2D eigenvalue weighted by atomic mass is 9.97. The first-order valence-corrected chi connectivity index (χ1v) is 10.3. The van der Waals surface area contributed by atoms with E-state index in [-0.39, 0.29) is 18.1 Å². The maximum atomic E-state index is 13.2. The van der Waals surface area contributed by atoms with Gasteiger partial charge in [-0.25, -0.2) is 4.68 Å². The van der Waals surface area contributed by atoms with Crippen molar-refractivity contribution >= 4 is 29.1 Å². The molecule has 0 spiro atoms. The maximum absolute atomic E-state index is 13.2. The predicted octanol–water partition coefficient (Wildman–Crippen LogP) is 3.77. The summed E-state index contributed by atoms with van der Waals surface area (Å²) in [5.41, 5.74) is 1.99. The molecule has 28 heavy (non-hydrogen) atoms. The quantitative estimate of drug-likeness (QED) is 0.750.